The first-order chi connectivity index (χ1) is 14.2. The number of thiophene rings is 1. The lowest BCUT2D eigenvalue weighted by Gasteiger charge is -2.08. The van der Waals surface area contributed by atoms with Gasteiger partial charge < -0.3 is 0 Å². The van der Waals surface area contributed by atoms with Crippen LogP contribution in [0.15, 0.2) is 83.2 Å². The number of aryl methyl sites for hydroxylation is 1. The van der Waals surface area contributed by atoms with Crippen LogP contribution in [0.3, 0.4) is 0 Å². The van der Waals surface area contributed by atoms with E-state index in [1.165, 1.54) is 22.3 Å². The first-order valence-corrected chi connectivity index (χ1v) is 10.6. The van der Waals surface area contributed by atoms with Crippen molar-refractivity contribution in [3.8, 4) is 11.1 Å². The number of fused-ring (bicyclic) bond motifs is 2. The lowest BCUT2D eigenvalue weighted by atomic mass is 9.99. The Morgan fingerprint density at radius 2 is 1.66 bits per heavy atom. The Kier molecular flexibility index (Phi) is 4.49. The Balaban J connectivity index is 1.65. The summed E-state index contributed by atoms with van der Waals surface area (Å²) in [5, 5.41) is 5.09. The molecule has 5 rings (SSSR count). The van der Waals surface area contributed by atoms with Gasteiger partial charge in [0, 0.05) is 10.9 Å². The van der Waals surface area contributed by atoms with E-state index in [2.05, 4.69) is 65.8 Å². The molecular formula is C25H20N2OS. The lowest BCUT2D eigenvalue weighted by molar-refractivity contribution is 0.749. The summed E-state index contributed by atoms with van der Waals surface area (Å²) in [7, 11) is 0. The van der Waals surface area contributed by atoms with Crippen LogP contribution >= 0.6 is 11.3 Å². The number of aromatic nitrogens is 2. The SMILES string of the molecule is CCc1ccc(Cn2cnc3scc(-c4cccc5ccccc45)c3c2=O)cc1. The van der Waals surface area contributed by atoms with Gasteiger partial charge in [0.05, 0.1) is 18.3 Å². The van der Waals surface area contributed by atoms with E-state index in [1.807, 2.05) is 18.2 Å². The van der Waals surface area contributed by atoms with Crippen LogP contribution in [-0.2, 0) is 13.0 Å². The molecule has 0 atom stereocenters. The van der Waals surface area contributed by atoms with Gasteiger partial charge in [-0.05, 0) is 33.9 Å². The summed E-state index contributed by atoms with van der Waals surface area (Å²) in [6.07, 6.45) is 2.68. The molecule has 0 unspecified atom stereocenters. The molecule has 0 bridgehead atoms. The maximum Gasteiger partial charge on any atom is 0.263 e. The van der Waals surface area contributed by atoms with Crippen LogP contribution in [0.1, 0.15) is 18.1 Å². The molecule has 0 aliphatic carbocycles. The molecule has 4 heteroatoms. The van der Waals surface area contributed by atoms with E-state index >= 15 is 0 Å². The second-order valence-electron chi connectivity index (χ2n) is 7.20. The average Bonchev–Trinajstić information content (AvgIpc) is 3.20. The van der Waals surface area contributed by atoms with Crippen molar-refractivity contribution in [3.63, 3.8) is 0 Å². The number of nitrogens with zero attached hydrogens (tertiary/aromatic N) is 2. The highest BCUT2D eigenvalue weighted by molar-refractivity contribution is 7.17. The minimum atomic E-state index is 0.0127. The molecule has 0 spiro atoms. The van der Waals surface area contributed by atoms with E-state index in [1.54, 1.807) is 10.9 Å². The zero-order valence-electron chi connectivity index (χ0n) is 16.1. The van der Waals surface area contributed by atoms with Crippen LogP contribution in [0.25, 0.3) is 32.1 Å². The fourth-order valence-electron chi connectivity index (χ4n) is 3.82. The van der Waals surface area contributed by atoms with E-state index in [4.69, 9.17) is 0 Å². The van der Waals surface area contributed by atoms with Crippen molar-refractivity contribution in [2.75, 3.05) is 0 Å². The fourth-order valence-corrected chi connectivity index (χ4v) is 4.71. The Hall–Kier alpha value is -3.24. The van der Waals surface area contributed by atoms with Gasteiger partial charge in [0.2, 0.25) is 0 Å². The molecule has 2 aromatic heterocycles. The second-order valence-corrected chi connectivity index (χ2v) is 8.06. The van der Waals surface area contributed by atoms with Gasteiger partial charge in [-0.1, -0.05) is 73.7 Å². The molecule has 3 aromatic carbocycles. The van der Waals surface area contributed by atoms with Crippen molar-refractivity contribution in [1.29, 1.82) is 0 Å². The topological polar surface area (TPSA) is 34.9 Å². The number of hydrogen-bond donors (Lipinski definition) is 0. The Morgan fingerprint density at radius 3 is 2.48 bits per heavy atom. The summed E-state index contributed by atoms with van der Waals surface area (Å²) < 4.78 is 1.71. The molecule has 0 fully saturated rings. The molecule has 0 aliphatic rings. The van der Waals surface area contributed by atoms with Crippen LogP contribution in [0.4, 0.5) is 0 Å². The molecular weight excluding hydrogens is 376 g/mol. The van der Waals surface area contributed by atoms with Crippen molar-refractivity contribution < 1.29 is 0 Å². The van der Waals surface area contributed by atoms with Crippen molar-refractivity contribution in [3.05, 3.63) is 99.9 Å². The van der Waals surface area contributed by atoms with E-state index in [9.17, 15) is 4.79 Å². The van der Waals surface area contributed by atoms with Crippen molar-refractivity contribution in [2.24, 2.45) is 0 Å². The Labute approximate surface area is 172 Å². The fraction of sp³-hybridized carbons (Fsp3) is 0.120. The van der Waals surface area contributed by atoms with Gasteiger partial charge in [0.1, 0.15) is 4.83 Å². The van der Waals surface area contributed by atoms with Gasteiger partial charge in [-0.3, -0.25) is 9.36 Å². The molecule has 2 heterocycles. The summed E-state index contributed by atoms with van der Waals surface area (Å²) >= 11 is 1.53. The molecule has 0 saturated carbocycles. The molecule has 3 nitrogen and oxygen atoms in total. The van der Waals surface area contributed by atoms with Gasteiger partial charge in [-0.25, -0.2) is 4.98 Å². The van der Waals surface area contributed by atoms with E-state index in [0.29, 0.717) is 11.9 Å². The highest BCUT2D eigenvalue weighted by atomic mass is 32.1. The van der Waals surface area contributed by atoms with Crippen molar-refractivity contribution in [2.45, 2.75) is 19.9 Å². The quantitative estimate of drug-likeness (QED) is 0.380. The monoisotopic (exact) mass is 396 g/mol. The summed E-state index contributed by atoms with van der Waals surface area (Å²) in [5.74, 6) is 0. The molecule has 0 aliphatic heterocycles. The Bertz CT molecular complexity index is 1370. The maximum atomic E-state index is 13.4. The van der Waals surface area contributed by atoms with E-state index in [0.717, 1.165) is 33.3 Å². The minimum Gasteiger partial charge on any atom is -0.294 e. The number of benzene rings is 3. The van der Waals surface area contributed by atoms with Gasteiger partial charge in [0.25, 0.3) is 5.56 Å². The second kappa shape index (κ2) is 7.30. The zero-order chi connectivity index (χ0) is 19.8. The molecule has 0 saturated heterocycles. The molecule has 29 heavy (non-hydrogen) atoms. The normalized spacial score (nSPS) is 11.3. The predicted octanol–water partition coefficient (Wildman–Crippen LogP) is 5.89. The first-order valence-electron chi connectivity index (χ1n) is 9.77. The van der Waals surface area contributed by atoms with Gasteiger partial charge in [0.15, 0.2) is 0 Å². The summed E-state index contributed by atoms with van der Waals surface area (Å²) in [5.41, 5.74) is 4.46. The molecule has 0 amide bonds. The van der Waals surface area contributed by atoms with Crippen LogP contribution < -0.4 is 5.56 Å². The van der Waals surface area contributed by atoms with Gasteiger partial charge in [-0.15, -0.1) is 11.3 Å². The molecule has 0 N–H and O–H groups in total. The smallest absolute Gasteiger partial charge is 0.263 e. The third kappa shape index (κ3) is 3.15. The predicted molar refractivity (Wildman–Crippen MR) is 122 cm³/mol. The van der Waals surface area contributed by atoms with E-state index in [-0.39, 0.29) is 5.56 Å². The summed E-state index contributed by atoms with van der Waals surface area (Å²) in [6, 6.07) is 23.0. The van der Waals surface area contributed by atoms with Crippen LogP contribution in [0.2, 0.25) is 0 Å². The van der Waals surface area contributed by atoms with Crippen molar-refractivity contribution in [1.82, 2.24) is 9.55 Å². The summed E-state index contributed by atoms with van der Waals surface area (Å²) in [4.78, 5) is 18.7. The highest BCUT2D eigenvalue weighted by Crippen LogP contribution is 2.35. The van der Waals surface area contributed by atoms with Crippen molar-refractivity contribution >= 4 is 32.3 Å². The standard InChI is InChI=1S/C25H20N2OS/c1-2-17-10-12-18(13-11-17)14-27-16-26-24-23(25(27)28)22(15-29-24)21-9-5-7-19-6-3-4-8-20(19)21/h3-13,15-16H,2,14H2,1H3. The van der Waals surface area contributed by atoms with Crippen LogP contribution in [0, 0.1) is 0 Å². The van der Waals surface area contributed by atoms with Gasteiger partial charge >= 0.3 is 0 Å². The maximum absolute atomic E-state index is 13.4. The van der Waals surface area contributed by atoms with Crippen LogP contribution in [0.5, 0.6) is 0 Å². The zero-order valence-corrected chi connectivity index (χ0v) is 16.9. The lowest BCUT2D eigenvalue weighted by Crippen LogP contribution is -2.21. The van der Waals surface area contributed by atoms with E-state index < -0.39 is 0 Å². The largest absolute Gasteiger partial charge is 0.294 e. The number of hydrogen-bond acceptors (Lipinski definition) is 3. The molecule has 5 aromatic rings. The number of rotatable bonds is 4. The first kappa shape index (κ1) is 17.8. The van der Waals surface area contributed by atoms with Crippen LogP contribution in [-0.4, -0.2) is 9.55 Å². The third-order valence-corrected chi connectivity index (χ3v) is 6.31. The summed E-state index contributed by atoms with van der Waals surface area (Å²) in [6.45, 7) is 2.67. The average molecular weight is 397 g/mol. The highest BCUT2D eigenvalue weighted by Gasteiger charge is 2.15. The third-order valence-electron chi connectivity index (χ3n) is 5.42. The molecule has 0 radical (unpaired) electrons. The minimum absolute atomic E-state index is 0.0127. The Morgan fingerprint density at radius 1 is 0.897 bits per heavy atom. The molecule has 142 valence electrons. The van der Waals surface area contributed by atoms with Gasteiger partial charge in [-0.2, -0.15) is 0 Å².